The van der Waals surface area contributed by atoms with Gasteiger partial charge in [0.2, 0.25) is 11.8 Å². The molecule has 2 rings (SSSR count). The number of carbonyl (C=O) groups is 1. The molecule has 0 atom stereocenters. The summed E-state index contributed by atoms with van der Waals surface area (Å²) in [5.74, 6) is 1.22. The quantitative estimate of drug-likeness (QED) is 0.503. The van der Waals surface area contributed by atoms with Crippen molar-refractivity contribution in [3.8, 4) is 5.88 Å². The maximum Gasteiger partial charge on any atom is 0.239 e. The second-order valence-electron chi connectivity index (χ2n) is 7.88. The van der Waals surface area contributed by atoms with Crippen molar-refractivity contribution in [2.75, 3.05) is 13.1 Å². The summed E-state index contributed by atoms with van der Waals surface area (Å²) in [5.41, 5.74) is 0.743. The number of hydrogen-bond donors (Lipinski definition) is 3. The van der Waals surface area contributed by atoms with E-state index in [1.807, 2.05) is 39.8 Å². The van der Waals surface area contributed by atoms with Gasteiger partial charge in [0.15, 0.2) is 5.96 Å². The molecule has 1 aromatic heterocycles. The highest BCUT2D eigenvalue weighted by atomic mass is 16.5. The van der Waals surface area contributed by atoms with Crippen molar-refractivity contribution in [3.63, 3.8) is 0 Å². The van der Waals surface area contributed by atoms with Crippen molar-refractivity contribution >= 4 is 11.9 Å². The Hall–Kier alpha value is -2.31. The number of rotatable bonds is 7. The Morgan fingerprint density at radius 1 is 1.26 bits per heavy atom. The van der Waals surface area contributed by atoms with E-state index in [9.17, 15) is 4.79 Å². The predicted octanol–water partition coefficient (Wildman–Crippen LogP) is 2.37. The highest BCUT2D eigenvalue weighted by Gasteiger charge is 2.17. The summed E-state index contributed by atoms with van der Waals surface area (Å²) >= 11 is 0. The Balaban J connectivity index is 1.84. The molecule has 0 aliphatic heterocycles. The lowest BCUT2D eigenvalue weighted by molar-refractivity contribution is -0.121. The Morgan fingerprint density at radius 3 is 2.59 bits per heavy atom. The Labute approximate surface area is 162 Å². The van der Waals surface area contributed by atoms with E-state index in [0.29, 0.717) is 24.5 Å². The predicted molar refractivity (Wildman–Crippen MR) is 108 cm³/mol. The molecule has 0 aromatic carbocycles. The lowest BCUT2D eigenvalue weighted by atomic mass is 10.1. The Bertz CT molecular complexity index is 616. The van der Waals surface area contributed by atoms with Crippen LogP contribution in [0.25, 0.3) is 0 Å². The van der Waals surface area contributed by atoms with E-state index in [4.69, 9.17) is 4.74 Å². The zero-order valence-electron chi connectivity index (χ0n) is 17.0. The number of nitrogens with zero attached hydrogens (tertiary/aromatic N) is 2. The fourth-order valence-electron chi connectivity index (χ4n) is 2.89. The molecule has 1 aliphatic rings. The van der Waals surface area contributed by atoms with Crippen LogP contribution in [-0.2, 0) is 11.3 Å². The lowest BCUT2D eigenvalue weighted by Gasteiger charge is -2.21. The standard InChI is InChI=1S/C20H33N5O2/c1-5-21-19(24-14-17(26)25-20(2,3)4)23-13-15-10-11-18(22-12-15)27-16-8-6-7-9-16/h10-12,16H,5-9,13-14H2,1-4H3,(H,25,26)(H2,21,23,24). The number of amides is 1. The average molecular weight is 376 g/mol. The average Bonchev–Trinajstić information content (AvgIpc) is 3.10. The number of guanidine groups is 1. The van der Waals surface area contributed by atoms with Crippen LogP contribution in [0.4, 0.5) is 0 Å². The molecule has 1 aromatic rings. The molecule has 7 heteroatoms. The molecule has 27 heavy (non-hydrogen) atoms. The number of aliphatic imine (C=N–C) groups is 1. The molecule has 0 unspecified atom stereocenters. The van der Waals surface area contributed by atoms with Crippen molar-refractivity contribution in [1.82, 2.24) is 20.9 Å². The minimum absolute atomic E-state index is 0.0665. The third kappa shape index (κ3) is 8.28. The van der Waals surface area contributed by atoms with Crippen LogP contribution in [0.1, 0.15) is 58.9 Å². The van der Waals surface area contributed by atoms with Crippen molar-refractivity contribution in [3.05, 3.63) is 23.9 Å². The number of hydrogen-bond acceptors (Lipinski definition) is 4. The smallest absolute Gasteiger partial charge is 0.239 e. The largest absolute Gasteiger partial charge is 0.474 e. The van der Waals surface area contributed by atoms with E-state index in [0.717, 1.165) is 24.9 Å². The van der Waals surface area contributed by atoms with Crippen molar-refractivity contribution < 1.29 is 9.53 Å². The van der Waals surface area contributed by atoms with Gasteiger partial charge < -0.3 is 20.7 Å². The van der Waals surface area contributed by atoms with Gasteiger partial charge in [0.25, 0.3) is 0 Å². The molecule has 0 saturated heterocycles. The summed E-state index contributed by atoms with van der Waals surface area (Å²) in [4.78, 5) is 20.8. The van der Waals surface area contributed by atoms with Crippen LogP contribution < -0.4 is 20.7 Å². The first kappa shape index (κ1) is 21.0. The van der Waals surface area contributed by atoms with Crippen molar-refractivity contribution in [2.24, 2.45) is 4.99 Å². The summed E-state index contributed by atoms with van der Waals surface area (Å²) in [6.07, 6.45) is 6.83. The second kappa shape index (κ2) is 10.1. The molecule has 3 N–H and O–H groups in total. The van der Waals surface area contributed by atoms with E-state index in [-0.39, 0.29) is 18.0 Å². The summed E-state index contributed by atoms with van der Waals surface area (Å²) < 4.78 is 5.88. The minimum Gasteiger partial charge on any atom is -0.474 e. The molecule has 1 aliphatic carbocycles. The number of aromatic nitrogens is 1. The Kier molecular flexibility index (Phi) is 7.88. The van der Waals surface area contributed by atoms with Crippen LogP contribution in [0.5, 0.6) is 5.88 Å². The zero-order chi connectivity index (χ0) is 19.7. The zero-order valence-corrected chi connectivity index (χ0v) is 17.0. The molecular formula is C20H33N5O2. The molecule has 1 amide bonds. The van der Waals surface area contributed by atoms with E-state index in [1.165, 1.54) is 12.8 Å². The van der Waals surface area contributed by atoms with Gasteiger partial charge in [-0.3, -0.25) is 4.79 Å². The SMILES string of the molecule is CCNC(=NCc1ccc(OC2CCCC2)nc1)NCC(=O)NC(C)(C)C. The molecule has 150 valence electrons. The molecule has 7 nitrogen and oxygen atoms in total. The molecule has 0 spiro atoms. The topological polar surface area (TPSA) is 87.6 Å². The minimum atomic E-state index is -0.248. The van der Waals surface area contributed by atoms with Gasteiger partial charge in [-0.2, -0.15) is 0 Å². The number of nitrogens with one attached hydrogen (secondary N) is 3. The second-order valence-corrected chi connectivity index (χ2v) is 7.88. The van der Waals surface area contributed by atoms with Crippen molar-refractivity contribution in [2.45, 2.75) is 71.6 Å². The van der Waals surface area contributed by atoms with Gasteiger partial charge in [-0.15, -0.1) is 0 Å². The van der Waals surface area contributed by atoms with Crippen LogP contribution in [0.3, 0.4) is 0 Å². The molecule has 0 radical (unpaired) electrons. The van der Waals surface area contributed by atoms with E-state index in [2.05, 4.69) is 25.9 Å². The van der Waals surface area contributed by atoms with Gasteiger partial charge in [-0.05, 0) is 58.9 Å². The first-order valence-electron chi connectivity index (χ1n) is 9.80. The molecule has 0 bridgehead atoms. The summed E-state index contributed by atoms with van der Waals surface area (Å²) in [7, 11) is 0. The van der Waals surface area contributed by atoms with E-state index < -0.39 is 0 Å². The highest BCUT2D eigenvalue weighted by Crippen LogP contribution is 2.22. The van der Waals surface area contributed by atoms with E-state index in [1.54, 1.807) is 6.20 Å². The molecule has 1 fully saturated rings. The van der Waals surface area contributed by atoms with Crippen LogP contribution >= 0.6 is 0 Å². The highest BCUT2D eigenvalue weighted by molar-refractivity contribution is 5.86. The van der Waals surface area contributed by atoms with Crippen molar-refractivity contribution in [1.29, 1.82) is 0 Å². The Morgan fingerprint density at radius 2 is 2.00 bits per heavy atom. The van der Waals surface area contributed by atoms with Gasteiger partial charge in [0.05, 0.1) is 13.1 Å². The summed E-state index contributed by atoms with van der Waals surface area (Å²) in [6.45, 7) is 9.23. The maximum absolute atomic E-state index is 11.9. The van der Waals surface area contributed by atoms with Crippen LogP contribution in [0.15, 0.2) is 23.3 Å². The summed E-state index contributed by atoms with van der Waals surface area (Å²) in [5, 5.41) is 9.12. The fraction of sp³-hybridized carbons (Fsp3) is 0.650. The van der Waals surface area contributed by atoms with Crippen LogP contribution in [0.2, 0.25) is 0 Å². The monoisotopic (exact) mass is 375 g/mol. The van der Waals surface area contributed by atoms with Gasteiger partial charge in [0, 0.05) is 24.3 Å². The number of carbonyl (C=O) groups excluding carboxylic acids is 1. The molecule has 1 saturated carbocycles. The first-order chi connectivity index (χ1) is 12.9. The third-order valence-electron chi connectivity index (χ3n) is 4.08. The first-order valence-corrected chi connectivity index (χ1v) is 9.80. The number of ether oxygens (including phenoxy) is 1. The van der Waals surface area contributed by atoms with Crippen LogP contribution in [-0.4, -0.2) is 41.6 Å². The normalized spacial score (nSPS) is 15.5. The van der Waals surface area contributed by atoms with Gasteiger partial charge in [-0.1, -0.05) is 6.07 Å². The third-order valence-corrected chi connectivity index (χ3v) is 4.08. The number of pyridine rings is 1. The van der Waals surface area contributed by atoms with Gasteiger partial charge in [0.1, 0.15) is 6.10 Å². The maximum atomic E-state index is 11.9. The summed E-state index contributed by atoms with van der Waals surface area (Å²) in [6, 6.07) is 3.89. The van der Waals surface area contributed by atoms with Crippen LogP contribution in [0, 0.1) is 0 Å². The van der Waals surface area contributed by atoms with Gasteiger partial charge in [-0.25, -0.2) is 9.98 Å². The molecular weight excluding hydrogens is 342 g/mol. The van der Waals surface area contributed by atoms with E-state index >= 15 is 0 Å². The molecule has 1 heterocycles. The fourth-order valence-corrected chi connectivity index (χ4v) is 2.89. The van der Waals surface area contributed by atoms with Gasteiger partial charge >= 0.3 is 0 Å². The lowest BCUT2D eigenvalue weighted by Crippen LogP contribution is -2.48.